The van der Waals surface area contributed by atoms with Crippen LogP contribution in [0.5, 0.6) is 0 Å². The van der Waals surface area contributed by atoms with Gasteiger partial charge in [0.15, 0.2) is 0 Å². The van der Waals surface area contributed by atoms with Crippen LogP contribution in [0.15, 0.2) is 34.9 Å². The number of nitriles is 1. The van der Waals surface area contributed by atoms with Gasteiger partial charge in [0.25, 0.3) is 0 Å². The van der Waals surface area contributed by atoms with Crippen LogP contribution in [0, 0.1) is 11.3 Å². The molecule has 1 heterocycles. The number of nitrogens with zero attached hydrogens (tertiary/aromatic N) is 2. The van der Waals surface area contributed by atoms with Crippen molar-refractivity contribution in [3.8, 4) is 6.07 Å². The summed E-state index contributed by atoms with van der Waals surface area (Å²) in [6, 6.07) is 8.71. The van der Waals surface area contributed by atoms with E-state index in [2.05, 4.69) is 26.2 Å². The second kappa shape index (κ2) is 5.57. The molecule has 0 amide bonds. The molecule has 0 radical (unpaired) electrons. The van der Waals surface area contributed by atoms with E-state index in [1.165, 1.54) is 0 Å². The number of pyridine rings is 1. The SMILES string of the molecule is N#Cc1ccc(Nc2ncc(Br)cc2Cl)c(Cl)c1. The van der Waals surface area contributed by atoms with Gasteiger partial charge in [-0.3, -0.25) is 0 Å². The zero-order valence-corrected chi connectivity index (χ0v) is 12.0. The van der Waals surface area contributed by atoms with Crippen molar-refractivity contribution in [1.29, 1.82) is 5.26 Å². The molecule has 0 spiro atoms. The fourth-order valence-electron chi connectivity index (χ4n) is 1.32. The lowest BCUT2D eigenvalue weighted by Crippen LogP contribution is -1.95. The van der Waals surface area contributed by atoms with E-state index in [9.17, 15) is 0 Å². The minimum Gasteiger partial charge on any atom is -0.338 e. The van der Waals surface area contributed by atoms with Crippen LogP contribution < -0.4 is 5.32 Å². The zero-order valence-electron chi connectivity index (χ0n) is 8.92. The first-order valence-electron chi connectivity index (χ1n) is 4.88. The summed E-state index contributed by atoms with van der Waals surface area (Å²) in [7, 11) is 0. The van der Waals surface area contributed by atoms with Gasteiger partial charge in [0, 0.05) is 10.7 Å². The van der Waals surface area contributed by atoms with Crippen molar-refractivity contribution in [1.82, 2.24) is 4.98 Å². The molecule has 2 rings (SSSR count). The molecule has 3 nitrogen and oxygen atoms in total. The minimum absolute atomic E-state index is 0.440. The topological polar surface area (TPSA) is 48.7 Å². The van der Waals surface area contributed by atoms with Crippen molar-refractivity contribution in [3.05, 3.63) is 50.5 Å². The van der Waals surface area contributed by atoms with Gasteiger partial charge in [0.1, 0.15) is 5.82 Å². The lowest BCUT2D eigenvalue weighted by Gasteiger charge is -2.09. The highest BCUT2D eigenvalue weighted by atomic mass is 79.9. The molecule has 0 bridgehead atoms. The van der Waals surface area contributed by atoms with E-state index in [-0.39, 0.29) is 0 Å². The second-order valence-corrected chi connectivity index (χ2v) is 5.15. The molecule has 0 aliphatic heterocycles. The van der Waals surface area contributed by atoms with Crippen LogP contribution in [-0.2, 0) is 0 Å². The lowest BCUT2D eigenvalue weighted by atomic mass is 10.2. The maximum absolute atomic E-state index is 8.75. The molecule has 0 atom stereocenters. The first-order chi connectivity index (χ1) is 8.60. The monoisotopic (exact) mass is 341 g/mol. The van der Waals surface area contributed by atoms with E-state index >= 15 is 0 Å². The Morgan fingerprint density at radius 3 is 2.61 bits per heavy atom. The van der Waals surface area contributed by atoms with E-state index in [4.69, 9.17) is 28.5 Å². The highest BCUT2D eigenvalue weighted by Crippen LogP contribution is 2.30. The Morgan fingerprint density at radius 1 is 1.22 bits per heavy atom. The average Bonchev–Trinajstić information content (AvgIpc) is 2.34. The number of benzene rings is 1. The van der Waals surface area contributed by atoms with Crippen molar-refractivity contribution in [2.24, 2.45) is 0 Å². The Balaban J connectivity index is 2.32. The van der Waals surface area contributed by atoms with Gasteiger partial charge in [-0.25, -0.2) is 4.98 Å². The summed E-state index contributed by atoms with van der Waals surface area (Å²) in [5.41, 5.74) is 1.15. The summed E-state index contributed by atoms with van der Waals surface area (Å²) in [6.45, 7) is 0. The summed E-state index contributed by atoms with van der Waals surface area (Å²) in [5.74, 6) is 0.506. The first kappa shape index (κ1) is 13.2. The fourth-order valence-corrected chi connectivity index (χ4v) is 2.22. The molecule has 90 valence electrons. The van der Waals surface area contributed by atoms with Crippen LogP contribution >= 0.6 is 39.1 Å². The third-order valence-corrected chi connectivity index (χ3v) is 3.19. The van der Waals surface area contributed by atoms with Crippen molar-refractivity contribution in [2.45, 2.75) is 0 Å². The van der Waals surface area contributed by atoms with Gasteiger partial charge in [0.05, 0.1) is 27.4 Å². The molecule has 0 aliphatic rings. The van der Waals surface area contributed by atoms with Crippen molar-refractivity contribution in [3.63, 3.8) is 0 Å². The maximum atomic E-state index is 8.75. The number of hydrogen-bond donors (Lipinski definition) is 1. The van der Waals surface area contributed by atoms with Gasteiger partial charge in [-0.2, -0.15) is 5.26 Å². The molecule has 0 unspecified atom stereocenters. The highest BCUT2D eigenvalue weighted by molar-refractivity contribution is 9.10. The molecule has 0 aliphatic carbocycles. The van der Waals surface area contributed by atoms with Crippen LogP contribution in [0.4, 0.5) is 11.5 Å². The molecule has 1 aromatic carbocycles. The quantitative estimate of drug-likeness (QED) is 0.855. The summed E-state index contributed by atoms with van der Waals surface area (Å²) >= 11 is 15.4. The first-order valence-corrected chi connectivity index (χ1v) is 6.43. The molecule has 6 heteroatoms. The fraction of sp³-hybridized carbons (Fsp3) is 0. The number of nitrogens with one attached hydrogen (secondary N) is 1. The summed E-state index contributed by atoms with van der Waals surface area (Å²) in [6.07, 6.45) is 1.63. The molecule has 2 aromatic rings. The lowest BCUT2D eigenvalue weighted by molar-refractivity contribution is 1.29. The molecule has 0 saturated heterocycles. The molecular weight excluding hydrogens is 337 g/mol. The molecule has 0 saturated carbocycles. The Labute approximate surface area is 122 Å². The van der Waals surface area contributed by atoms with Gasteiger partial charge in [0.2, 0.25) is 0 Å². The summed E-state index contributed by atoms with van der Waals surface area (Å²) in [5, 5.41) is 12.7. The number of rotatable bonds is 2. The van der Waals surface area contributed by atoms with Crippen LogP contribution in [0.2, 0.25) is 10.0 Å². The van der Waals surface area contributed by atoms with Crippen LogP contribution in [0.25, 0.3) is 0 Å². The van der Waals surface area contributed by atoms with E-state index in [1.54, 1.807) is 30.5 Å². The van der Waals surface area contributed by atoms with Crippen molar-refractivity contribution < 1.29 is 0 Å². The standard InChI is InChI=1S/C12H6BrCl2N3/c13-8-4-10(15)12(17-6-8)18-11-2-1-7(5-16)3-9(11)14/h1-4,6H,(H,17,18). The molecule has 0 fully saturated rings. The van der Waals surface area contributed by atoms with Crippen LogP contribution in [0.3, 0.4) is 0 Å². The average molecular weight is 343 g/mol. The normalized spacial score (nSPS) is 9.89. The van der Waals surface area contributed by atoms with E-state index in [1.807, 2.05) is 6.07 Å². The smallest absolute Gasteiger partial charge is 0.149 e. The number of anilines is 2. The van der Waals surface area contributed by atoms with Gasteiger partial charge in [-0.15, -0.1) is 0 Å². The second-order valence-electron chi connectivity index (χ2n) is 3.42. The molecule has 1 N–H and O–H groups in total. The summed E-state index contributed by atoms with van der Waals surface area (Å²) in [4.78, 5) is 4.14. The van der Waals surface area contributed by atoms with E-state index < -0.39 is 0 Å². The van der Waals surface area contributed by atoms with Crippen molar-refractivity contribution >= 4 is 50.6 Å². The predicted octanol–water partition coefficient (Wildman–Crippen LogP) is 4.77. The van der Waals surface area contributed by atoms with Crippen LogP contribution in [0.1, 0.15) is 5.56 Å². The Bertz CT molecular complexity index is 638. The zero-order chi connectivity index (χ0) is 13.1. The number of aromatic nitrogens is 1. The van der Waals surface area contributed by atoms with E-state index in [0.717, 1.165) is 4.47 Å². The maximum Gasteiger partial charge on any atom is 0.149 e. The molecular formula is C12H6BrCl2N3. The summed E-state index contributed by atoms with van der Waals surface area (Å²) < 4.78 is 0.795. The largest absolute Gasteiger partial charge is 0.338 e. The molecule has 1 aromatic heterocycles. The van der Waals surface area contributed by atoms with E-state index in [0.29, 0.717) is 27.1 Å². The Morgan fingerprint density at radius 2 is 2.00 bits per heavy atom. The van der Waals surface area contributed by atoms with Gasteiger partial charge >= 0.3 is 0 Å². The van der Waals surface area contributed by atoms with Crippen LogP contribution in [-0.4, -0.2) is 4.98 Å². The Kier molecular flexibility index (Phi) is 4.07. The molecule has 18 heavy (non-hydrogen) atoms. The number of hydrogen-bond acceptors (Lipinski definition) is 3. The third kappa shape index (κ3) is 2.94. The van der Waals surface area contributed by atoms with Gasteiger partial charge < -0.3 is 5.32 Å². The minimum atomic E-state index is 0.440. The van der Waals surface area contributed by atoms with Gasteiger partial charge in [-0.1, -0.05) is 23.2 Å². The number of halogens is 3. The third-order valence-electron chi connectivity index (χ3n) is 2.16. The predicted molar refractivity (Wildman–Crippen MR) is 76.4 cm³/mol. The van der Waals surface area contributed by atoms with Gasteiger partial charge in [-0.05, 0) is 40.2 Å². The Hall–Kier alpha value is -1.28. The van der Waals surface area contributed by atoms with Crippen molar-refractivity contribution in [2.75, 3.05) is 5.32 Å². The highest BCUT2D eigenvalue weighted by Gasteiger charge is 2.06.